The normalized spacial score (nSPS) is 10.8. The van der Waals surface area contributed by atoms with Crippen molar-refractivity contribution >= 4 is 0 Å². The van der Waals surface area contributed by atoms with Gasteiger partial charge < -0.3 is 9.26 Å². The molecule has 0 N–H and O–H groups in total. The number of aromatic nitrogens is 2. The van der Waals surface area contributed by atoms with E-state index in [9.17, 15) is 0 Å². The summed E-state index contributed by atoms with van der Waals surface area (Å²) in [7, 11) is 1.69. The van der Waals surface area contributed by atoms with Crippen molar-refractivity contribution < 1.29 is 9.26 Å². The van der Waals surface area contributed by atoms with Gasteiger partial charge in [-0.1, -0.05) is 29.4 Å². The quantitative estimate of drug-likeness (QED) is 0.471. The van der Waals surface area contributed by atoms with Crippen LogP contribution in [-0.4, -0.2) is 17.3 Å². The maximum atomic E-state index is 5.60. The largest absolute Gasteiger partial charge is 0.496 e. The summed E-state index contributed by atoms with van der Waals surface area (Å²) in [4.78, 5) is 4.07. The van der Waals surface area contributed by atoms with E-state index < -0.39 is 0 Å². The molecule has 0 saturated carbocycles. The molecule has 0 amide bonds. The van der Waals surface area contributed by atoms with Crippen molar-refractivity contribution in [1.82, 2.24) is 10.1 Å². The zero-order chi connectivity index (χ0) is 18.8. The van der Waals surface area contributed by atoms with E-state index in [2.05, 4.69) is 54.3 Å². The molecular formula is C23H20N2O2. The number of hydrogen-bond donors (Lipinski definition) is 0. The Morgan fingerprint density at radius 3 is 2.19 bits per heavy atom. The van der Waals surface area contributed by atoms with Gasteiger partial charge in [-0.05, 0) is 65.9 Å². The zero-order valence-corrected chi connectivity index (χ0v) is 15.6. The Bertz CT molecular complexity index is 1070. The first-order chi connectivity index (χ1) is 13.2. The number of nitrogens with zero attached hydrogens (tertiary/aromatic N) is 2. The first-order valence-corrected chi connectivity index (χ1v) is 8.78. The van der Waals surface area contributed by atoms with E-state index in [1.165, 1.54) is 0 Å². The predicted octanol–water partition coefficient (Wildman–Crippen LogP) is 5.70. The summed E-state index contributed by atoms with van der Waals surface area (Å²) < 4.78 is 11.1. The van der Waals surface area contributed by atoms with Gasteiger partial charge in [-0.3, -0.25) is 4.98 Å². The smallest absolute Gasteiger partial charge is 0.174 e. The molecule has 0 atom stereocenters. The number of pyridine rings is 1. The van der Waals surface area contributed by atoms with Crippen molar-refractivity contribution in [3.63, 3.8) is 0 Å². The van der Waals surface area contributed by atoms with Crippen LogP contribution in [0.1, 0.15) is 11.1 Å². The van der Waals surface area contributed by atoms with Gasteiger partial charge in [-0.2, -0.15) is 0 Å². The fraction of sp³-hybridized carbons (Fsp3) is 0.130. The van der Waals surface area contributed by atoms with Gasteiger partial charge in [0.1, 0.15) is 5.75 Å². The van der Waals surface area contributed by atoms with Crippen molar-refractivity contribution in [2.75, 3.05) is 7.11 Å². The molecule has 4 rings (SSSR count). The third-order valence-corrected chi connectivity index (χ3v) is 4.88. The second-order valence-electron chi connectivity index (χ2n) is 6.50. The third kappa shape index (κ3) is 3.22. The highest BCUT2D eigenvalue weighted by atomic mass is 16.5. The van der Waals surface area contributed by atoms with Gasteiger partial charge in [0, 0.05) is 23.5 Å². The molecule has 134 valence electrons. The lowest BCUT2D eigenvalue weighted by Crippen LogP contribution is -1.92. The van der Waals surface area contributed by atoms with Crippen LogP contribution in [0.4, 0.5) is 0 Å². The number of rotatable bonds is 4. The first-order valence-electron chi connectivity index (χ1n) is 8.78. The second-order valence-corrected chi connectivity index (χ2v) is 6.50. The van der Waals surface area contributed by atoms with Crippen LogP contribution in [0.2, 0.25) is 0 Å². The molecule has 0 aliphatic heterocycles. The van der Waals surface area contributed by atoms with Gasteiger partial charge in [-0.15, -0.1) is 0 Å². The molecule has 0 radical (unpaired) electrons. The fourth-order valence-corrected chi connectivity index (χ4v) is 3.21. The standard InChI is InChI=1S/C23H20N2O2/c1-15-12-20(13-22(26-3)16(15)2)23-21(14-25-27-23)19-6-4-17(5-7-19)18-8-10-24-11-9-18/h4-14H,1-3H3. The molecule has 27 heavy (non-hydrogen) atoms. The average molecular weight is 356 g/mol. The van der Waals surface area contributed by atoms with Gasteiger partial charge in [0.2, 0.25) is 0 Å². The molecule has 0 saturated heterocycles. The van der Waals surface area contributed by atoms with Crippen LogP contribution in [0.25, 0.3) is 33.6 Å². The Morgan fingerprint density at radius 1 is 0.815 bits per heavy atom. The molecule has 0 aliphatic rings. The predicted molar refractivity (Wildman–Crippen MR) is 107 cm³/mol. The number of ether oxygens (including phenoxy) is 1. The molecule has 2 aromatic carbocycles. The maximum absolute atomic E-state index is 5.60. The Balaban J connectivity index is 1.74. The van der Waals surface area contributed by atoms with Crippen molar-refractivity contribution in [3.05, 3.63) is 78.2 Å². The Labute approximate surface area is 158 Å². The van der Waals surface area contributed by atoms with Crippen molar-refractivity contribution in [3.8, 4) is 39.3 Å². The fourth-order valence-electron chi connectivity index (χ4n) is 3.21. The maximum Gasteiger partial charge on any atom is 0.174 e. The molecule has 4 aromatic rings. The van der Waals surface area contributed by atoms with E-state index in [0.717, 1.165) is 50.5 Å². The van der Waals surface area contributed by atoms with E-state index in [1.54, 1.807) is 25.7 Å². The van der Waals surface area contributed by atoms with Crippen molar-refractivity contribution in [2.24, 2.45) is 0 Å². The highest BCUT2D eigenvalue weighted by molar-refractivity contribution is 5.81. The highest BCUT2D eigenvalue weighted by Gasteiger charge is 2.15. The first kappa shape index (κ1) is 17.0. The zero-order valence-electron chi connectivity index (χ0n) is 15.6. The molecule has 2 aromatic heterocycles. The van der Waals surface area contributed by atoms with Crippen LogP contribution in [0.15, 0.2) is 71.6 Å². The average Bonchev–Trinajstić information content (AvgIpc) is 3.20. The van der Waals surface area contributed by atoms with Gasteiger partial charge >= 0.3 is 0 Å². The van der Waals surface area contributed by atoms with Gasteiger partial charge in [0.25, 0.3) is 0 Å². The molecule has 2 heterocycles. The minimum absolute atomic E-state index is 0.744. The SMILES string of the molecule is COc1cc(-c2oncc2-c2ccc(-c3ccncc3)cc2)cc(C)c1C. The van der Waals surface area contributed by atoms with E-state index in [1.807, 2.05) is 18.2 Å². The van der Waals surface area contributed by atoms with Crippen LogP contribution < -0.4 is 4.74 Å². The number of aryl methyl sites for hydroxylation is 1. The molecular weight excluding hydrogens is 336 g/mol. The summed E-state index contributed by atoms with van der Waals surface area (Å²) in [6, 6.07) is 16.5. The van der Waals surface area contributed by atoms with E-state index in [-0.39, 0.29) is 0 Å². The van der Waals surface area contributed by atoms with Crippen LogP contribution in [0.5, 0.6) is 5.75 Å². The number of hydrogen-bond acceptors (Lipinski definition) is 4. The van der Waals surface area contributed by atoms with Crippen LogP contribution in [0.3, 0.4) is 0 Å². The van der Waals surface area contributed by atoms with Gasteiger partial charge in [0.05, 0.1) is 13.3 Å². The Kier molecular flexibility index (Phi) is 4.47. The minimum Gasteiger partial charge on any atom is -0.496 e. The van der Waals surface area contributed by atoms with Gasteiger partial charge in [0.15, 0.2) is 5.76 Å². The summed E-state index contributed by atoms with van der Waals surface area (Å²) >= 11 is 0. The monoisotopic (exact) mass is 356 g/mol. The topological polar surface area (TPSA) is 48.2 Å². The van der Waals surface area contributed by atoms with Crippen LogP contribution in [0, 0.1) is 13.8 Å². The third-order valence-electron chi connectivity index (χ3n) is 4.88. The lowest BCUT2D eigenvalue weighted by Gasteiger charge is -2.10. The van der Waals surface area contributed by atoms with Crippen LogP contribution >= 0.6 is 0 Å². The number of methoxy groups -OCH3 is 1. The molecule has 0 aliphatic carbocycles. The van der Waals surface area contributed by atoms with E-state index in [0.29, 0.717) is 0 Å². The molecule has 4 heteroatoms. The highest BCUT2D eigenvalue weighted by Crippen LogP contribution is 2.36. The second kappa shape index (κ2) is 7.08. The van der Waals surface area contributed by atoms with Crippen molar-refractivity contribution in [2.45, 2.75) is 13.8 Å². The summed E-state index contributed by atoms with van der Waals surface area (Å²) in [6.07, 6.45) is 5.36. The summed E-state index contributed by atoms with van der Waals surface area (Å²) in [6.45, 7) is 4.12. The molecule has 0 spiro atoms. The summed E-state index contributed by atoms with van der Waals surface area (Å²) in [5.41, 5.74) is 7.54. The summed E-state index contributed by atoms with van der Waals surface area (Å²) in [5, 5.41) is 4.04. The molecule has 0 fully saturated rings. The molecule has 0 bridgehead atoms. The lowest BCUT2D eigenvalue weighted by molar-refractivity contribution is 0.410. The summed E-state index contributed by atoms with van der Waals surface area (Å²) in [5.74, 6) is 1.59. The van der Waals surface area contributed by atoms with E-state index >= 15 is 0 Å². The lowest BCUT2D eigenvalue weighted by atomic mass is 9.97. The van der Waals surface area contributed by atoms with Crippen LogP contribution in [-0.2, 0) is 0 Å². The van der Waals surface area contributed by atoms with Gasteiger partial charge in [-0.25, -0.2) is 0 Å². The molecule has 4 nitrogen and oxygen atoms in total. The van der Waals surface area contributed by atoms with Crippen molar-refractivity contribution in [1.29, 1.82) is 0 Å². The Hall–Kier alpha value is -3.40. The van der Waals surface area contributed by atoms with E-state index in [4.69, 9.17) is 9.26 Å². The minimum atomic E-state index is 0.744. The Morgan fingerprint density at radius 2 is 1.48 bits per heavy atom. The number of benzene rings is 2. The molecule has 0 unspecified atom stereocenters.